The highest BCUT2D eigenvalue weighted by Gasteiger charge is 2.18. The second-order valence-electron chi connectivity index (χ2n) is 7.01. The van der Waals surface area contributed by atoms with Crippen LogP contribution in [0.25, 0.3) is 0 Å². The molecule has 142 valence electrons. The first-order valence-electron chi connectivity index (χ1n) is 8.79. The Balaban J connectivity index is 0.00000312. The lowest BCUT2D eigenvalue weighted by atomic mass is 10.1. The van der Waals surface area contributed by atoms with Gasteiger partial charge in [0.15, 0.2) is 5.96 Å². The quantitative estimate of drug-likeness (QED) is 0.394. The lowest BCUT2D eigenvalue weighted by Crippen LogP contribution is -2.49. The zero-order chi connectivity index (χ0) is 17.4. The molecule has 1 aliphatic heterocycles. The molecule has 0 aromatic carbocycles. The van der Waals surface area contributed by atoms with E-state index in [1.165, 1.54) is 0 Å². The van der Waals surface area contributed by atoms with E-state index in [9.17, 15) is 0 Å². The molecule has 1 fully saturated rings. The van der Waals surface area contributed by atoms with Crippen molar-refractivity contribution in [2.45, 2.75) is 33.2 Å². The van der Waals surface area contributed by atoms with Crippen molar-refractivity contribution in [3.63, 3.8) is 0 Å². The first-order chi connectivity index (χ1) is 11.5. The Hall–Kier alpha value is -1.16. The van der Waals surface area contributed by atoms with Gasteiger partial charge in [0.2, 0.25) is 5.95 Å². The summed E-state index contributed by atoms with van der Waals surface area (Å²) in [6.07, 6.45) is 3.60. The summed E-state index contributed by atoms with van der Waals surface area (Å²) in [6, 6.07) is 1.85. The Kier molecular flexibility index (Phi) is 9.41. The number of piperazine rings is 1. The van der Waals surface area contributed by atoms with Crippen LogP contribution in [0, 0.1) is 0 Å². The zero-order valence-corrected chi connectivity index (χ0v) is 18.2. The van der Waals surface area contributed by atoms with Gasteiger partial charge in [-0.2, -0.15) is 0 Å². The molecule has 0 aliphatic carbocycles. The van der Waals surface area contributed by atoms with E-state index in [0.717, 1.165) is 57.7 Å². The highest BCUT2D eigenvalue weighted by atomic mass is 127. The molecule has 2 heterocycles. The van der Waals surface area contributed by atoms with Crippen LogP contribution in [0.15, 0.2) is 23.5 Å². The maximum Gasteiger partial charge on any atom is 0.225 e. The molecule has 0 spiro atoms. The van der Waals surface area contributed by atoms with Gasteiger partial charge >= 0.3 is 0 Å². The number of nitrogens with one attached hydrogen (secondary N) is 2. The highest BCUT2D eigenvalue weighted by molar-refractivity contribution is 14.0. The van der Waals surface area contributed by atoms with Crippen LogP contribution in [-0.2, 0) is 0 Å². The molecule has 0 bridgehead atoms. The van der Waals surface area contributed by atoms with Crippen LogP contribution in [0.1, 0.15) is 27.7 Å². The van der Waals surface area contributed by atoms with Crippen LogP contribution in [0.5, 0.6) is 0 Å². The molecule has 1 aromatic heterocycles. The number of aliphatic imine (C=N–C) groups is 1. The topological polar surface area (TPSA) is 68.7 Å². The lowest BCUT2D eigenvalue weighted by molar-refractivity contribution is 0.263. The number of hydrogen-bond acceptors (Lipinski definition) is 5. The Labute approximate surface area is 168 Å². The van der Waals surface area contributed by atoms with Crippen molar-refractivity contribution in [2.75, 3.05) is 50.7 Å². The molecule has 0 radical (unpaired) electrons. The maximum absolute atomic E-state index is 4.68. The van der Waals surface area contributed by atoms with Crippen LogP contribution in [0.4, 0.5) is 5.95 Å². The third-order valence-corrected chi connectivity index (χ3v) is 3.73. The van der Waals surface area contributed by atoms with Gasteiger partial charge in [0.25, 0.3) is 0 Å². The third kappa shape index (κ3) is 8.17. The minimum Gasteiger partial charge on any atom is -0.357 e. The van der Waals surface area contributed by atoms with Gasteiger partial charge in [0.1, 0.15) is 0 Å². The van der Waals surface area contributed by atoms with Gasteiger partial charge in [-0.25, -0.2) is 9.97 Å². The van der Waals surface area contributed by atoms with Gasteiger partial charge in [0.05, 0.1) is 6.54 Å². The van der Waals surface area contributed by atoms with E-state index >= 15 is 0 Å². The van der Waals surface area contributed by atoms with Gasteiger partial charge in [-0.1, -0.05) is 0 Å². The molecule has 8 heteroatoms. The average molecular weight is 461 g/mol. The molecule has 1 aromatic rings. The second-order valence-corrected chi connectivity index (χ2v) is 7.01. The molecular formula is C17H32IN7. The Morgan fingerprint density at radius 1 is 1.16 bits per heavy atom. The van der Waals surface area contributed by atoms with E-state index in [0.29, 0.717) is 0 Å². The van der Waals surface area contributed by atoms with Gasteiger partial charge in [-0.3, -0.25) is 9.89 Å². The number of anilines is 1. The van der Waals surface area contributed by atoms with Crippen LogP contribution in [0.2, 0.25) is 0 Å². The number of aromatic nitrogens is 2. The van der Waals surface area contributed by atoms with Crippen molar-refractivity contribution in [1.82, 2.24) is 25.5 Å². The van der Waals surface area contributed by atoms with Gasteiger partial charge in [0, 0.05) is 57.2 Å². The summed E-state index contributed by atoms with van der Waals surface area (Å²) in [7, 11) is 0. The molecule has 0 amide bonds. The fourth-order valence-corrected chi connectivity index (χ4v) is 2.59. The standard InChI is InChI=1S/C17H31N7.HI/c1-5-18-15(22-17(2,3)4)19-9-10-23-11-13-24(14-12-23)16-20-7-6-8-21-16;/h6-8H,5,9-14H2,1-4H3,(H2,18,19,22);1H. The summed E-state index contributed by atoms with van der Waals surface area (Å²) < 4.78 is 0. The predicted molar refractivity (Wildman–Crippen MR) is 115 cm³/mol. The van der Waals surface area contributed by atoms with Crippen molar-refractivity contribution < 1.29 is 0 Å². The van der Waals surface area contributed by atoms with E-state index in [4.69, 9.17) is 0 Å². The Morgan fingerprint density at radius 3 is 2.36 bits per heavy atom. The van der Waals surface area contributed by atoms with Crippen molar-refractivity contribution >= 4 is 35.9 Å². The molecule has 0 unspecified atom stereocenters. The number of guanidine groups is 1. The molecule has 1 saturated heterocycles. The fraction of sp³-hybridized carbons (Fsp3) is 0.706. The average Bonchev–Trinajstić information content (AvgIpc) is 2.55. The number of hydrogen-bond donors (Lipinski definition) is 2. The largest absolute Gasteiger partial charge is 0.357 e. The van der Waals surface area contributed by atoms with E-state index in [2.05, 4.69) is 63.1 Å². The molecule has 25 heavy (non-hydrogen) atoms. The Morgan fingerprint density at radius 2 is 1.80 bits per heavy atom. The van der Waals surface area contributed by atoms with Crippen molar-refractivity contribution in [2.24, 2.45) is 4.99 Å². The van der Waals surface area contributed by atoms with Gasteiger partial charge in [-0.15, -0.1) is 24.0 Å². The molecule has 2 N–H and O–H groups in total. The molecule has 7 nitrogen and oxygen atoms in total. The van der Waals surface area contributed by atoms with Crippen LogP contribution < -0.4 is 15.5 Å². The summed E-state index contributed by atoms with van der Waals surface area (Å²) in [5, 5.41) is 6.72. The second kappa shape index (κ2) is 10.7. The molecule has 0 atom stereocenters. The first kappa shape index (κ1) is 21.9. The number of rotatable bonds is 5. The molecular weight excluding hydrogens is 429 g/mol. The SMILES string of the molecule is CCNC(=NCCN1CCN(c2ncccn2)CC1)NC(C)(C)C.I. The fourth-order valence-electron chi connectivity index (χ4n) is 2.59. The normalized spacial score (nSPS) is 16.3. The highest BCUT2D eigenvalue weighted by Crippen LogP contribution is 2.09. The van der Waals surface area contributed by atoms with Crippen LogP contribution >= 0.6 is 24.0 Å². The predicted octanol–water partition coefficient (Wildman–Crippen LogP) is 1.57. The molecule has 0 saturated carbocycles. The first-order valence-corrected chi connectivity index (χ1v) is 8.79. The Bertz CT molecular complexity index is 507. The smallest absolute Gasteiger partial charge is 0.225 e. The molecule has 2 rings (SSSR count). The summed E-state index contributed by atoms with van der Waals surface area (Å²) in [5.74, 6) is 1.72. The van der Waals surface area contributed by atoms with Crippen LogP contribution in [-0.4, -0.2) is 72.2 Å². The molecule has 1 aliphatic rings. The van der Waals surface area contributed by atoms with Gasteiger partial charge in [-0.05, 0) is 33.8 Å². The third-order valence-electron chi connectivity index (χ3n) is 3.73. The summed E-state index contributed by atoms with van der Waals surface area (Å²) in [5.41, 5.74) is 0.0162. The number of halogens is 1. The maximum atomic E-state index is 4.68. The van der Waals surface area contributed by atoms with E-state index in [1.54, 1.807) is 12.4 Å². The van der Waals surface area contributed by atoms with Crippen molar-refractivity contribution in [3.05, 3.63) is 18.5 Å². The van der Waals surface area contributed by atoms with E-state index in [-0.39, 0.29) is 29.5 Å². The minimum absolute atomic E-state index is 0. The minimum atomic E-state index is 0. The van der Waals surface area contributed by atoms with Crippen molar-refractivity contribution in [1.29, 1.82) is 0 Å². The summed E-state index contributed by atoms with van der Waals surface area (Å²) >= 11 is 0. The summed E-state index contributed by atoms with van der Waals surface area (Å²) in [6.45, 7) is 15.1. The van der Waals surface area contributed by atoms with Crippen molar-refractivity contribution in [3.8, 4) is 0 Å². The monoisotopic (exact) mass is 461 g/mol. The lowest BCUT2D eigenvalue weighted by Gasteiger charge is -2.34. The summed E-state index contributed by atoms with van der Waals surface area (Å²) in [4.78, 5) is 18.0. The zero-order valence-electron chi connectivity index (χ0n) is 15.8. The van der Waals surface area contributed by atoms with E-state index < -0.39 is 0 Å². The van der Waals surface area contributed by atoms with E-state index in [1.807, 2.05) is 6.07 Å². The van der Waals surface area contributed by atoms with Crippen LogP contribution in [0.3, 0.4) is 0 Å². The van der Waals surface area contributed by atoms with Gasteiger partial charge < -0.3 is 15.5 Å². The number of nitrogens with zero attached hydrogens (tertiary/aromatic N) is 5.